The molecule has 3 heteroatoms. The second-order valence-electron chi connectivity index (χ2n) is 5.58. The fourth-order valence-corrected chi connectivity index (χ4v) is 1.31. The zero-order valence-corrected chi connectivity index (χ0v) is 12.8. The summed E-state index contributed by atoms with van der Waals surface area (Å²) in [5.41, 5.74) is 1.27. The van der Waals surface area contributed by atoms with E-state index in [1.54, 1.807) is 6.92 Å². The summed E-state index contributed by atoms with van der Waals surface area (Å²) in [4.78, 5) is 11.8. The van der Waals surface area contributed by atoms with Gasteiger partial charge in [0.25, 0.3) is 0 Å². The van der Waals surface area contributed by atoms with Gasteiger partial charge in [0.2, 0.25) is 0 Å². The fourth-order valence-electron chi connectivity index (χ4n) is 1.31. The van der Waals surface area contributed by atoms with Crippen molar-refractivity contribution in [1.82, 2.24) is 0 Å². The van der Waals surface area contributed by atoms with Crippen LogP contribution in [0, 0.1) is 0 Å². The van der Waals surface area contributed by atoms with Gasteiger partial charge in [0.1, 0.15) is 5.60 Å². The molecule has 3 nitrogen and oxygen atoms in total. The van der Waals surface area contributed by atoms with E-state index in [9.17, 15) is 15.0 Å². The third-order valence-electron chi connectivity index (χ3n) is 3.12. The molecule has 0 aliphatic carbocycles. The Morgan fingerprint density at radius 1 is 1.21 bits per heavy atom. The Morgan fingerprint density at radius 3 is 2.16 bits per heavy atom. The topological polar surface area (TPSA) is 57.5 Å². The molecule has 0 spiro atoms. The Kier molecular flexibility index (Phi) is 6.95. The molecule has 0 aromatic carbocycles. The van der Waals surface area contributed by atoms with Crippen LogP contribution in [-0.2, 0) is 4.79 Å². The molecule has 0 unspecified atom stereocenters. The minimum absolute atomic E-state index is 0.144. The largest absolute Gasteiger partial charge is 0.389 e. The van der Waals surface area contributed by atoms with Gasteiger partial charge in [-0.25, -0.2) is 0 Å². The summed E-state index contributed by atoms with van der Waals surface area (Å²) >= 11 is 0. The molecule has 0 saturated carbocycles. The molecule has 0 rings (SSSR count). The quantitative estimate of drug-likeness (QED) is 0.574. The molecule has 0 amide bonds. The van der Waals surface area contributed by atoms with Gasteiger partial charge in [-0.05, 0) is 65.7 Å². The van der Waals surface area contributed by atoms with E-state index in [2.05, 4.69) is 0 Å². The predicted octanol–water partition coefficient (Wildman–Crippen LogP) is 2.94. The molecule has 2 N–H and O–H groups in total. The van der Waals surface area contributed by atoms with Crippen molar-refractivity contribution in [2.45, 2.75) is 59.7 Å². The highest BCUT2D eigenvalue weighted by Gasteiger charge is 2.26. The highest BCUT2D eigenvalue weighted by Crippen LogP contribution is 2.17. The van der Waals surface area contributed by atoms with Crippen LogP contribution in [-0.4, -0.2) is 27.7 Å². The van der Waals surface area contributed by atoms with Crippen molar-refractivity contribution in [1.29, 1.82) is 0 Å². The summed E-state index contributed by atoms with van der Waals surface area (Å²) in [5, 5.41) is 20.0. The molecule has 0 fully saturated rings. The normalized spacial score (nSPS) is 15.8. The summed E-state index contributed by atoms with van der Waals surface area (Å²) in [6.07, 6.45) is 3.98. The number of allylic oxidation sites excluding steroid dienone is 4. The van der Waals surface area contributed by atoms with Crippen molar-refractivity contribution >= 4 is 5.78 Å². The first kappa shape index (κ1) is 17.8. The molecule has 0 heterocycles. The third-order valence-corrected chi connectivity index (χ3v) is 3.12. The van der Waals surface area contributed by atoms with Crippen molar-refractivity contribution in [2.75, 3.05) is 0 Å². The first-order valence-electron chi connectivity index (χ1n) is 6.49. The Hall–Kier alpha value is -1.19. The van der Waals surface area contributed by atoms with Crippen molar-refractivity contribution in [3.05, 3.63) is 34.9 Å². The lowest BCUT2D eigenvalue weighted by molar-refractivity contribution is -0.111. The number of carbonyl (C=O) groups is 1. The molecule has 0 bridgehead atoms. The van der Waals surface area contributed by atoms with E-state index in [0.29, 0.717) is 12.0 Å². The van der Waals surface area contributed by atoms with Crippen molar-refractivity contribution in [3.63, 3.8) is 0 Å². The lowest BCUT2D eigenvalue weighted by Crippen LogP contribution is -2.37. The van der Waals surface area contributed by atoms with Gasteiger partial charge in [0.05, 0.1) is 6.10 Å². The highest BCUT2D eigenvalue weighted by atomic mass is 16.3. The molecular formula is C16H26O3. The number of hydrogen-bond donors (Lipinski definition) is 2. The van der Waals surface area contributed by atoms with E-state index < -0.39 is 11.7 Å². The molecule has 19 heavy (non-hydrogen) atoms. The molecule has 0 saturated heterocycles. The molecule has 0 radical (unpaired) electrons. The summed E-state index contributed by atoms with van der Waals surface area (Å²) < 4.78 is 0. The maximum Gasteiger partial charge on any atom is 0.181 e. The van der Waals surface area contributed by atoms with Crippen LogP contribution in [0.5, 0.6) is 0 Å². The Morgan fingerprint density at radius 2 is 1.74 bits per heavy atom. The van der Waals surface area contributed by atoms with Gasteiger partial charge in [0, 0.05) is 0 Å². The van der Waals surface area contributed by atoms with Gasteiger partial charge in [0.15, 0.2) is 5.78 Å². The van der Waals surface area contributed by atoms with Gasteiger partial charge >= 0.3 is 0 Å². The van der Waals surface area contributed by atoms with Gasteiger partial charge in [-0.3, -0.25) is 4.79 Å². The number of ketones is 1. The van der Waals surface area contributed by atoms with Crippen LogP contribution in [0.15, 0.2) is 34.9 Å². The monoisotopic (exact) mass is 266 g/mol. The Labute approximate surface area is 116 Å². The van der Waals surface area contributed by atoms with Gasteiger partial charge in [-0.1, -0.05) is 17.2 Å². The van der Waals surface area contributed by atoms with Crippen molar-refractivity contribution < 1.29 is 15.0 Å². The van der Waals surface area contributed by atoms with Gasteiger partial charge < -0.3 is 10.2 Å². The summed E-state index contributed by atoms with van der Waals surface area (Å²) in [6, 6.07) is 0. The van der Waals surface area contributed by atoms with E-state index >= 15 is 0 Å². The zero-order valence-electron chi connectivity index (χ0n) is 12.8. The minimum Gasteiger partial charge on any atom is -0.389 e. The SMILES string of the molecule is CC(C)=CC[C@H](O)[C@@](C)(O)/C=C/C(=O)C(C)=C(C)C. The highest BCUT2D eigenvalue weighted by molar-refractivity contribution is 6.04. The predicted molar refractivity (Wildman–Crippen MR) is 78.9 cm³/mol. The van der Waals surface area contributed by atoms with Crippen LogP contribution in [0.2, 0.25) is 0 Å². The van der Waals surface area contributed by atoms with E-state index in [1.807, 2.05) is 33.8 Å². The standard InChI is InChI=1S/C16H26O3/c1-11(2)7-8-15(18)16(6,19)10-9-14(17)13(5)12(3)4/h7,9-10,15,18-19H,8H2,1-6H3/b10-9+/t15-,16-/m0/s1. The molecule has 2 atom stereocenters. The summed E-state index contributed by atoms with van der Waals surface area (Å²) in [7, 11) is 0. The number of hydrogen-bond acceptors (Lipinski definition) is 3. The van der Waals surface area contributed by atoms with Crippen LogP contribution >= 0.6 is 0 Å². The lowest BCUT2D eigenvalue weighted by atomic mass is 9.94. The number of rotatable bonds is 6. The minimum atomic E-state index is -1.41. The number of aliphatic hydroxyl groups excluding tert-OH is 1. The molecule has 108 valence electrons. The fraction of sp³-hybridized carbons (Fsp3) is 0.562. The Bertz CT molecular complexity index is 404. The van der Waals surface area contributed by atoms with E-state index in [0.717, 1.165) is 11.1 Å². The van der Waals surface area contributed by atoms with E-state index in [1.165, 1.54) is 19.1 Å². The third kappa shape index (κ3) is 6.50. The summed E-state index contributed by atoms with van der Waals surface area (Å²) in [5.74, 6) is -0.144. The zero-order chi connectivity index (χ0) is 15.2. The average Bonchev–Trinajstić information content (AvgIpc) is 2.31. The second kappa shape index (κ2) is 7.41. The van der Waals surface area contributed by atoms with Crippen LogP contribution in [0.1, 0.15) is 48.0 Å². The number of aliphatic hydroxyl groups is 2. The van der Waals surface area contributed by atoms with Crippen LogP contribution in [0.3, 0.4) is 0 Å². The maximum atomic E-state index is 11.8. The second-order valence-corrected chi connectivity index (χ2v) is 5.58. The van der Waals surface area contributed by atoms with Gasteiger partial charge in [-0.15, -0.1) is 0 Å². The van der Waals surface area contributed by atoms with Crippen LogP contribution in [0.4, 0.5) is 0 Å². The summed E-state index contributed by atoms with van der Waals surface area (Å²) in [6.45, 7) is 10.8. The van der Waals surface area contributed by atoms with Crippen LogP contribution in [0.25, 0.3) is 0 Å². The van der Waals surface area contributed by atoms with Crippen molar-refractivity contribution in [2.24, 2.45) is 0 Å². The average molecular weight is 266 g/mol. The van der Waals surface area contributed by atoms with E-state index in [-0.39, 0.29) is 5.78 Å². The van der Waals surface area contributed by atoms with E-state index in [4.69, 9.17) is 0 Å². The van der Waals surface area contributed by atoms with Crippen molar-refractivity contribution in [3.8, 4) is 0 Å². The smallest absolute Gasteiger partial charge is 0.181 e. The maximum absolute atomic E-state index is 11.8. The molecule has 0 aliphatic rings. The molecule has 0 aromatic heterocycles. The molecule has 0 aromatic rings. The lowest BCUT2D eigenvalue weighted by Gasteiger charge is -2.25. The van der Waals surface area contributed by atoms with Crippen LogP contribution < -0.4 is 0 Å². The molecule has 0 aliphatic heterocycles. The molecular weight excluding hydrogens is 240 g/mol. The first-order chi connectivity index (χ1) is 8.58. The number of carbonyl (C=O) groups excluding carboxylic acids is 1. The Balaban J connectivity index is 4.81. The van der Waals surface area contributed by atoms with Gasteiger partial charge in [-0.2, -0.15) is 0 Å². The first-order valence-corrected chi connectivity index (χ1v) is 6.49.